The number of halogens is 1. The Morgan fingerprint density at radius 3 is 2.86 bits per heavy atom. The number of furan rings is 1. The molecule has 0 unspecified atom stereocenters. The van der Waals surface area contributed by atoms with E-state index < -0.39 is 5.91 Å². The van der Waals surface area contributed by atoms with Gasteiger partial charge in [-0.3, -0.25) is 4.79 Å². The van der Waals surface area contributed by atoms with Crippen LogP contribution >= 0.6 is 11.6 Å². The summed E-state index contributed by atoms with van der Waals surface area (Å²) in [7, 11) is 0. The number of hydrogen-bond acceptors (Lipinski definition) is 5. The molecule has 7 heteroatoms. The van der Waals surface area contributed by atoms with Gasteiger partial charge in [0.1, 0.15) is 12.2 Å². The van der Waals surface area contributed by atoms with Crippen molar-refractivity contribution in [2.24, 2.45) is 5.10 Å². The van der Waals surface area contributed by atoms with Gasteiger partial charge in [0.2, 0.25) is 0 Å². The highest BCUT2D eigenvalue weighted by atomic mass is 35.5. The highest BCUT2D eigenvalue weighted by Gasteiger charge is 2.13. The molecule has 6 nitrogen and oxygen atoms in total. The number of hydrazone groups is 1. The van der Waals surface area contributed by atoms with Crippen molar-refractivity contribution in [1.82, 2.24) is 5.43 Å². The third kappa shape index (κ3) is 4.53. The highest BCUT2D eigenvalue weighted by molar-refractivity contribution is 6.32. The van der Waals surface area contributed by atoms with E-state index in [0.29, 0.717) is 40.9 Å². The van der Waals surface area contributed by atoms with Gasteiger partial charge in [-0.15, -0.1) is 0 Å². The smallest absolute Gasteiger partial charge is 0.307 e. The fourth-order valence-electron chi connectivity index (χ4n) is 2.52. The van der Waals surface area contributed by atoms with Crippen LogP contribution in [0.25, 0.3) is 11.0 Å². The SMILES string of the molecule is C=CCOc1c(Cl)cc(/C=N/NC(=O)c2cc3ccccc3o2)cc1OCC. The number of ether oxygens (including phenoxy) is 2. The van der Waals surface area contributed by atoms with Gasteiger partial charge in [-0.05, 0) is 36.8 Å². The average Bonchev–Trinajstić information content (AvgIpc) is 3.12. The van der Waals surface area contributed by atoms with E-state index in [1.807, 2.05) is 25.1 Å². The molecule has 0 radical (unpaired) electrons. The van der Waals surface area contributed by atoms with Crippen LogP contribution in [0.15, 0.2) is 64.6 Å². The summed E-state index contributed by atoms with van der Waals surface area (Å²) in [6, 6.07) is 12.4. The van der Waals surface area contributed by atoms with Crippen LogP contribution in [0.5, 0.6) is 11.5 Å². The lowest BCUT2D eigenvalue weighted by atomic mass is 10.2. The molecule has 2 aromatic carbocycles. The molecule has 0 bridgehead atoms. The van der Waals surface area contributed by atoms with Crippen molar-refractivity contribution in [2.75, 3.05) is 13.2 Å². The molecule has 0 spiro atoms. The van der Waals surface area contributed by atoms with E-state index in [0.717, 1.165) is 5.39 Å². The van der Waals surface area contributed by atoms with Crippen LogP contribution in [0.4, 0.5) is 0 Å². The summed E-state index contributed by atoms with van der Waals surface area (Å²) in [6.45, 7) is 6.23. The van der Waals surface area contributed by atoms with Crippen molar-refractivity contribution in [1.29, 1.82) is 0 Å². The van der Waals surface area contributed by atoms with Gasteiger partial charge in [-0.25, -0.2) is 5.43 Å². The van der Waals surface area contributed by atoms with Crippen LogP contribution in [0.3, 0.4) is 0 Å². The number of carbonyl (C=O) groups is 1. The molecule has 1 heterocycles. The first-order valence-electron chi connectivity index (χ1n) is 8.64. The summed E-state index contributed by atoms with van der Waals surface area (Å²) in [6.07, 6.45) is 3.08. The standard InChI is InChI=1S/C21H19ClN2O4/c1-3-9-27-20-16(22)10-14(11-18(20)26-4-2)13-23-24-21(25)19-12-15-7-5-6-8-17(15)28-19/h3,5-8,10-13H,1,4,9H2,2H3,(H,24,25)/b23-13+. The number of amides is 1. The van der Waals surface area contributed by atoms with Gasteiger partial charge >= 0.3 is 5.91 Å². The minimum absolute atomic E-state index is 0.180. The van der Waals surface area contributed by atoms with Crippen molar-refractivity contribution in [3.8, 4) is 11.5 Å². The summed E-state index contributed by atoms with van der Waals surface area (Å²) < 4.78 is 16.6. The lowest BCUT2D eigenvalue weighted by molar-refractivity contribution is 0.0929. The molecule has 3 aromatic rings. The molecule has 0 fully saturated rings. The Balaban J connectivity index is 1.73. The van der Waals surface area contributed by atoms with Gasteiger partial charge in [0.15, 0.2) is 17.3 Å². The fraction of sp³-hybridized carbons (Fsp3) is 0.143. The minimum atomic E-state index is -0.450. The zero-order valence-corrected chi connectivity index (χ0v) is 16.0. The summed E-state index contributed by atoms with van der Waals surface area (Å²) in [5, 5.41) is 5.19. The second-order valence-corrected chi connectivity index (χ2v) is 6.12. The normalized spacial score (nSPS) is 10.9. The van der Waals surface area contributed by atoms with Gasteiger partial charge < -0.3 is 13.9 Å². The molecule has 144 valence electrons. The molecule has 1 amide bonds. The molecule has 0 aliphatic heterocycles. The molecular weight excluding hydrogens is 380 g/mol. The van der Waals surface area contributed by atoms with Crippen LogP contribution in [0.2, 0.25) is 5.02 Å². The lowest BCUT2D eigenvalue weighted by Crippen LogP contribution is -2.16. The molecule has 28 heavy (non-hydrogen) atoms. The molecule has 0 atom stereocenters. The molecule has 0 aliphatic carbocycles. The summed E-state index contributed by atoms with van der Waals surface area (Å²) in [4.78, 5) is 12.2. The number of para-hydroxylation sites is 1. The van der Waals surface area contributed by atoms with Crippen molar-refractivity contribution in [2.45, 2.75) is 6.92 Å². The van der Waals surface area contributed by atoms with E-state index in [-0.39, 0.29) is 5.76 Å². The third-order valence-electron chi connectivity index (χ3n) is 3.71. The van der Waals surface area contributed by atoms with Crippen LogP contribution < -0.4 is 14.9 Å². The largest absolute Gasteiger partial charge is 0.490 e. The van der Waals surface area contributed by atoms with Crippen molar-refractivity contribution in [3.05, 3.63) is 71.5 Å². The summed E-state index contributed by atoms with van der Waals surface area (Å²) in [5.74, 6) is 0.655. The molecule has 0 saturated heterocycles. The second-order valence-electron chi connectivity index (χ2n) is 5.71. The Bertz CT molecular complexity index is 993. The number of fused-ring (bicyclic) bond motifs is 1. The van der Waals surface area contributed by atoms with E-state index >= 15 is 0 Å². The first kappa shape index (κ1) is 19.5. The molecule has 3 rings (SSSR count). The van der Waals surface area contributed by atoms with Crippen LogP contribution in [-0.4, -0.2) is 25.3 Å². The number of benzene rings is 2. The fourth-order valence-corrected chi connectivity index (χ4v) is 2.80. The van der Waals surface area contributed by atoms with E-state index in [9.17, 15) is 4.79 Å². The summed E-state index contributed by atoms with van der Waals surface area (Å²) >= 11 is 6.29. The van der Waals surface area contributed by atoms with Crippen LogP contribution in [-0.2, 0) is 0 Å². The first-order valence-corrected chi connectivity index (χ1v) is 9.02. The van der Waals surface area contributed by atoms with Crippen LogP contribution in [0, 0.1) is 0 Å². The average molecular weight is 399 g/mol. The highest BCUT2D eigenvalue weighted by Crippen LogP contribution is 2.36. The third-order valence-corrected chi connectivity index (χ3v) is 3.99. The second kappa shape index (κ2) is 9.10. The van der Waals surface area contributed by atoms with E-state index in [2.05, 4.69) is 17.1 Å². The van der Waals surface area contributed by atoms with E-state index in [1.54, 1.807) is 30.3 Å². The maximum atomic E-state index is 12.2. The predicted molar refractivity (Wildman–Crippen MR) is 110 cm³/mol. The zero-order chi connectivity index (χ0) is 19.9. The molecule has 0 saturated carbocycles. The number of carbonyl (C=O) groups excluding carboxylic acids is 1. The first-order chi connectivity index (χ1) is 13.6. The topological polar surface area (TPSA) is 73.1 Å². The summed E-state index contributed by atoms with van der Waals surface area (Å²) in [5.41, 5.74) is 3.72. The maximum Gasteiger partial charge on any atom is 0.307 e. The van der Waals surface area contributed by atoms with Crippen molar-refractivity contribution >= 4 is 34.7 Å². The zero-order valence-electron chi connectivity index (χ0n) is 15.3. The van der Waals surface area contributed by atoms with Gasteiger partial charge in [0, 0.05) is 5.39 Å². The van der Waals surface area contributed by atoms with Gasteiger partial charge in [0.25, 0.3) is 0 Å². The molecule has 1 N–H and O–H groups in total. The number of nitrogens with one attached hydrogen (secondary N) is 1. The van der Waals surface area contributed by atoms with E-state index in [4.69, 9.17) is 25.5 Å². The Hall–Kier alpha value is -3.25. The van der Waals surface area contributed by atoms with Gasteiger partial charge in [0.05, 0.1) is 17.8 Å². The molecule has 1 aromatic heterocycles. The van der Waals surface area contributed by atoms with Crippen molar-refractivity contribution in [3.63, 3.8) is 0 Å². The monoisotopic (exact) mass is 398 g/mol. The van der Waals surface area contributed by atoms with Crippen LogP contribution in [0.1, 0.15) is 23.0 Å². The van der Waals surface area contributed by atoms with Gasteiger partial charge in [-0.2, -0.15) is 5.10 Å². The molecule has 0 aliphatic rings. The number of hydrogen-bond donors (Lipinski definition) is 1. The Kier molecular flexibility index (Phi) is 6.34. The molecular formula is C21H19ClN2O4. The Morgan fingerprint density at radius 2 is 2.11 bits per heavy atom. The quantitative estimate of drug-likeness (QED) is 0.335. The minimum Gasteiger partial charge on any atom is -0.490 e. The Morgan fingerprint density at radius 1 is 1.29 bits per heavy atom. The lowest BCUT2D eigenvalue weighted by Gasteiger charge is -2.13. The van der Waals surface area contributed by atoms with E-state index in [1.165, 1.54) is 6.21 Å². The predicted octanol–water partition coefficient (Wildman–Crippen LogP) is 4.81. The van der Waals surface area contributed by atoms with Gasteiger partial charge in [-0.1, -0.05) is 42.5 Å². The van der Waals surface area contributed by atoms with Crippen molar-refractivity contribution < 1.29 is 18.7 Å². The maximum absolute atomic E-state index is 12.2. The Labute approximate surface area is 167 Å². The number of rotatable bonds is 8. The number of nitrogens with zero attached hydrogens (tertiary/aromatic N) is 1.